The Morgan fingerprint density at radius 1 is 1.36 bits per heavy atom. The summed E-state index contributed by atoms with van der Waals surface area (Å²) in [5.74, 6) is 0.214. The van der Waals surface area contributed by atoms with Gasteiger partial charge < -0.3 is 10.1 Å². The SMILES string of the molecule is CC(=N)c1ncc(Br)cc1C.CCCc1cc(Cl)ccc1OC(F)F. The highest BCUT2D eigenvalue weighted by Gasteiger charge is 2.09. The Hall–Kier alpha value is -1.53. The molecule has 0 amide bonds. The van der Waals surface area contributed by atoms with Crippen LogP contribution in [0.4, 0.5) is 8.78 Å². The molecule has 3 nitrogen and oxygen atoms in total. The second-order valence-corrected chi connectivity index (χ2v) is 6.68. The van der Waals surface area contributed by atoms with E-state index in [0.29, 0.717) is 17.2 Å². The van der Waals surface area contributed by atoms with Gasteiger partial charge in [0.05, 0.1) is 11.4 Å². The van der Waals surface area contributed by atoms with Crippen LogP contribution in [0.15, 0.2) is 34.9 Å². The Labute approximate surface area is 160 Å². The molecule has 0 unspecified atom stereocenters. The molecule has 0 saturated carbocycles. The van der Waals surface area contributed by atoms with Crippen molar-refractivity contribution in [3.63, 3.8) is 0 Å². The number of ether oxygens (including phenoxy) is 1. The van der Waals surface area contributed by atoms with Gasteiger partial charge in [0.15, 0.2) is 0 Å². The zero-order valence-corrected chi connectivity index (χ0v) is 16.6. The monoisotopic (exact) mass is 432 g/mol. The number of hydrogen-bond acceptors (Lipinski definition) is 3. The first-order chi connectivity index (χ1) is 11.7. The van der Waals surface area contributed by atoms with Crippen LogP contribution in [-0.4, -0.2) is 17.3 Å². The summed E-state index contributed by atoms with van der Waals surface area (Å²) in [6.45, 7) is 2.87. The summed E-state index contributed by atoms with van der Waals surface area (Å²) in [4.78, 5) is 4.11. The zero-order valence-electron chi connectivity index (χ0n) is 14.2. The maximum absolute atomic E-state index is 12.0. The summed E-state index contributed by atoms with van der Waals surface area (Å²) in [7, 11) is 0. The Kier molecular flexibility index (Phi) is 9.00. The Balaban J connectivity index is 0.000000257. The minimum Gasteiger partial charge on any atom is -0.435 e. The quantitative estimate of drug-likeness (QED) is 0.552. The van der Waals surface area contributed by atoms with E-state index in [-0.39, 0.29) is 5.75 Å². The molecule has 0 radical (unpaired) electrons. The van der Waals surface area contributed by atoms with Gasteiger partial charge in [-0.25, -0.2) is 0 Å². The minimum atomic E-state index is -2.79. The maximum Gasteiger partial charge on any atom is 0.387 e. The summed E-state index contributed by atoms with van der Waals surface area (Å²) >= 11 is 9.06. The van der Waals surface area contributed by atoms with Crippen LogP contribution in [0, 0.1) is 12.3 Å². The molecule has 7 heteroatoms. The summed E-state index contributed by atoms with van der Waals surface area (Å²) < 4.78 is 29.3. The number of alkyl halides is 2. The molecule has 136 valence electrons. The molecule has 0 saturated heterocycles. The molecule has 0 aliphatic heterocycles. The lowest BCUT2D eigenvalue weighted by Crippen LogP contribution is -2.04. The summed E-state index contributed by atoms with van der Waals surface area (Å²) in [6.07, 6.45) is 3.25. The third kappa shape index (κ3) is 7.48. The van der Waals surface area contributed by atoms with Crippen molar-refractivity contribution in [1.82, 2.24) is 4.98 Å². The fourth-order valence-electron chi connectivity index (χ4n) is 2.16. The van der Waals surface area contributed by atoms with Crippen molar-refractivity contribution in [2.24, 2.45) is 0 Å². The molecule has 0 aliphatic carbocycles. The molecule has 25 heavy (non-hydrogen) atoms. The third-order valence-corrected chi connectivity index (χ3v) is 3.83. The van der Waals surface area contributed by atoms with Crippen LogP contribution in [0.25, 0.3) is 0 Å². The number of nitrogens with one attached hydrogen (secondary N) is 1. The van der Waals surface area contributed by atoms with Crippen molar-refractivity contribution >= 4 is 33.2 Å². The molecule has 0 fully saturated rings. The lowest BCUT2D eigenvalue weighted by Gasteiger charge is -2.09. The molecule has 1 aromatic heterocycles. The van der Waals surface area contributed by atoms with Crippen LogP contribution in [0.1, 0.15) is 37.1 Å². The summed E-state index contributed by atoms with van der Waals surface area (Å²) in [6, 6.07) is 6.63. The Bertz CT molecular complexity index is 726. The molecular weight excluding hydrogens is 414 g/mol. The smallest absolute Gasteiger partial charge is 0.387 e. The Morgan fingerprint density at radius 3 is 2.56 bits per heavy atom. The first-order valence-corrected chi connectivity index (χ1v) is 8.82. The lowest BCUT2D eigenvalue weighted by molar-refractivity contribution is -0.0504. The van der Waals surface area contributed by atoms with Gasteiger partial charge in [0.25, 0.3) is 0 Å². The van der Waals surface area contributed by atoms with E-state index in [4.69, 9.17) is 17.0 Å². The van der Waals surface area contributed by atoms with Gasteiger partial charge in [0.1, 0.15) is 5.75 Å². The van der Waals surface area contributed by atoms with Crippen LogP contribution < -0.4 is 4.74 Å². The molecule has 1 heterocycles. The summed E-state index contributed by atoms with van der Waals surface area (Å²) in [5.41, 5.74) is 3.04. The van der Waals surface area contributed by atoms with Gasteiger partial charge in [-0.3, -0.25) is 4.98 Å². The van der Waals surface area contributed by atoms with Gasteiger partial charge in [-0.05, 0) is 71.6 Å². The number of aryl methyl sites for hydroxylation is 2. The Morgan fingerprint density at radius 2 is 2.04 bits per heavy atom. The van der Waals surface area contributed by atoms with Crippen LogP contribution >= 0.6 is 27.5 Å². The average Bonchev–Trinajstić information content (AvgIpc) is 2.50. The molecule has 1 N–H and O–H groups in total. The van der Waals surface area contributed by atoms with Crippen molar-refractivity contribution in [1.29, 1.82) is 5.41 Å². The minimum absolute atomic E-state index is 0.214. The van der Waals surface area contributed by atoms with Crippen LogP contribution in [-0.2, 0) is 6.42 Å². The second-order valence-electron chi connectivity index (χ2n) is 5.32. The van der Waals surface area contributed by atoms with Gasteiger partial charge in [-0.1, -0.05) is 24.9 Å². The van der Waals surface area contributed by atoms with Gasteiger partial charge in [-0.15, -0.1) is 0 Å². The molecule has 0 aliphatic rings. The zero-order chi connectivity index (χ0) is 19.0. The molecule has 2 aromatic rings. The third-order valence-electron chi connectivity index (χ3n) is 3.16. The molecule has 2 rings (SSSR count). The van der Waals surface area contributed by atoms with Crippen LogP contribution in [0.5, 0.6) is 5.75 Å². The predicted octanol–water partition coefficient (Wildman–Crippen LogP) is 6.43. The number of aromatic nitrogens is 1. The first-order valence-electron chi connectivity index (χ1n) is 7.65. The largest absolute Gasteiger partial charge is 0.435 e. The predicted molar refractivity (Wildman–Crippen MR) is 101 cm³/mol. The average molecular weight is 434 g/mol. The van der Waals surface area contributed by atoms with Crippen LogP contribution in [0.2, 0.25) is 5.02 Å². The lowest BCUT2D eigenvalue weighted by atomic mass is 10.1. The number of rotatable bonds is 5. The highest BCUT2D eigenvalue weighted by atomic mass is 79.9. The number of halogens is 4. The topological polar surface area (TPSA) is 46.0 Å². The normalized spacial score (nSPS) is 10.2. The molecule has 0 spiro atoms. The summed E-state index contributed by atoms with van der Waals surface area (Å²) in [5, 5.41) is 7.91. The first kappa shape index (κ1) is 21.5. The van der Waals surface area contributed by atoms with E-state index < -0.39 is 6.61 Å². The molecule has 1 aromatic carbocycles. The van der Waals surface area contributed by atoms with Gasteiger partial charge in [-0.2, -0.15) is 8.78 Å². The second kappa shape index (κ2) is 10.5. The fraction of sp³-hybridized carbons (Fsp3) is 0.333. The molecule has 0 bridgehead atoms. The number of pyridine rings is 1. The van der Waals surface area contributed by atoms with E-state index in [1.807, 2.05) is 19.9 Å². The van der Waals surface area contributed by atoms with E-state index in [2.05, 4.69) is 25.7 Å². The highest BCUT2D eigenvalue weighted by Crippen LogP contribution is 2.25. The van der Waals surface area contributed by atoms with Crippen molar-refractivity contribution in [3.05, 3.63) is 56.8 Å². The van der Waals surface area contributed by atoms with E-state index in [1.54, 1.807) is 25.3 Å². The van der Waals surface area contributed by atoms with Crippen molar-refractivity contribution in [2.45, 2.75) is 40.2 Å². The van der Waals surface area contributed by atoms with E-state index >= 15 is 0 Å². The van der Waals surface area contributed by atoms with E-state index in [0.717, 1.165) is 27.7 Å². The number of hydrogen-bond donors (Lipinski definition) is 1. The van der Waals surface area contributed by atoms with Crippen molar-refractivity contribution < 1.29 is 13.5 Å². The van der Waals surface area contributed by atoms with Gasteiger partial charge in [0.2, 0.25) is 0 Å². The van der Waals surface area contributed by atoms with Crippen LogP contribution in [0.3, 0.4) is 0 Å². The number of nitrogens with zero attached hydrogens (tertiary/aromatic N) is 1. The fourth-order valence-corrected chi connectivity index (χ4v) is 2.80. The van der Waals surface area contributed by atoms with Crippen molar-refractivity contribution in [3.8, 4) is 5.75 Å². The molecular formula is C18H20BrClF2N2O. The highest BCUT2D eigenvalue weighted by molar-refractivity contribution is 9.10. The van der Waals surface area contributed by atoms with Gasteiger partial charge >= 0.3 is 6.61 Å². The van der Waals surface area contributed by atoms with E-state index in [9.17, 15) is 8.78 Å². The standard InChI is InChI=1S/C10H11ClF2O.C8H9BrN2/c1-2-3-7-6-8(11)4-5-9(7)14-10(12)13;1-5-3-7(9)4-11-8(5)6(2)10/h4-6,10H,2-3H2,1H3;3-4,10H,1-2H3. The van der Waals surface area contributed by atoms with Crippen molar-refractivity contribution in [2.75, 3.05) is 0 Å². The van der Waals surface area contributed by atoms with Gasteiger partial charge in [0, 0.05) is 15.7 Å². The van der Waals surface area contributed by atoms with E-state index in [1.165, 1.54) is 6.07 Å². The molecule has 0 atom stereocenters. The number of benzene rings is 1. The maximum atomic E-state index is 12.0.